The molecule has 0 fully saturated rings. The van der Waals surface area contributed by atoms with Gasteiger partial charge in [0.1, 0.15) is 0 Å². The summed E-state index contributed by atoms with van der Waals surface area (Å²) in [5, 5.41) is 0. The van der Waals surface area contributed by atoms with E-state index in [-0.39, 0.29) is 0 Å². The van der Waals surface area contributed by atoms with Crippen molar-refractivity contribution in [1.29, 1.82) is 0 Å². The van der Waals surface area contributed by atoms with Gasteiger partial charge in [-0.05, 0) is 31.6 Å². The first-order valence-corrected chi connectivity index (χ1v) is 4.61. The Labute approximate surface area is 70.0 Å². The summed E-state index contributed by atoms with van der Waals surface area (Å²) >= 11 is 0. The van der Waals surface area contributed by atoms with Crippen molar-refractivity contribution in [2.75, 3.05) is 0 Å². The molecule has 0 spiro atoms. The Bertz CT molecular complexity index is 174. The van der Waals surface area contributed by atoms with Crippen molar-refractivity contribution in [3.8, 4) is 0 Å². The summed E-state index contributed by atoms with van der Waals surface area (Å²) in [6.07, 6.45) is 9.41. The summed E-state index contributed by atoms with van der Waals surface area (Å²) < 4.78 is 0. The molecule has 0 aromatic carbocycles. The molecule has 0 saturated carbocycles. The van der Waals surface area contributed by atoms with Crippen molar-refractivity contribution in [3.05, 3.63) is 23.8 Å². The minimum Gasteiger partial charge on any atom is -0.0882 e. The number of hydrogen-bond donors (Lipinski definition) is 0. The molecule has 0 radical (unpaired) electrons. The van der Waals surface area contributed by atoms with Gasteiger partial charge in [-0.1, -0.05) is 37.6 Å². The van der Waals surface area contributed by atoms with Crippen LogP contribution in [0.1, 0.15) is 33.6 Å². The molecule has 0 nitrogen and oxygen atoms in total. The second-order valence-electron chi connectivity index (χ2n) is 3.35. The van der Waals surface area contributed by atoms with Crippen LogP contribution in [0.5, 0.6) is 0 Å². The summed E-state index contributed by atoms with van der Waals surface area (Å²) in [6.45, 7) is 6.72. The molecule has 2 atom stereocenters. The van der Waals surface area contributed by atoms with Crippen molar-refractivity contribution in [2.45, 2.75) is 33.6 Å². The Hall–Kier alpha value is -0.520. The van der Waals surface area contributed by atoms with E-state index in [0.29, 0.717) is 0 Å². The van der Waals surface area contributed by atoms with Crippen LogP contribution in [0.25, 0.3) is 0 Å². The lowest BCUT2D eigenvalue weighted by molar-refractivity contribution is 0.510. The molecule has 62 valence electrons. The van der Waals surface area contributed by atoms with Crippen LogP contribution in [0.3, 0.4) is 0 Å². The monoisotopic (exact) mass is 150 g/mol. The predicted octanol–water partition coefficient (Wildman–Crippen LogP) is 3.55. The maximum atomic E-state index is 2.34. The second kappa shape index (κ2) is 3.75. The second-order valence-corrected chi connectivity index (χ2v) is 3.35. The van der Waals surface area contributed by atoms with E-state index in [9.17, 15) is 0 Å². The van der Waals surface area contributed by atoms with Crippen molar-refractivity contribution >= 4 is 0 Å². The summed E-state index contributed by atoms with van der Waals surface area (Å²) in [7, 11) is 0. The van der Waals surface area contributed by atoms with E-state index >= 15 is 0 Å². The first-order valence-electron chi connectivity index (χ1n) is 4.61. The van der Waals surface area contributed by atoms with Gasteiger partial charge < -0.3 is 0 Å². The van der Waals surface area contributed by atoms with Crippen molar-refractivity contribution < 1.29 is 0 Å². The Morgan fingerprint density at radius 2 is 2.36 bits per heavy atom. The SMILES string of the molecule is C/C=C(\CC)C1CC=CC1C. The fourth-order valence-corrected chi connectivity index (χ4v) is 1.96. The molecule has 0 aliphatic heterocycles. The van der Waals surface area contributed by atoms with E-state index in [1.54, 1.807) is 5.57 Å². The molecular formula is C11H18. The van der Waals surface area contributed by atoms with Crippen LogP contribution in [0.2, 0.25) is 0 Å². The third kappa shape index (κ3) is 1.74. The van der Waals surface area contributed by atoms with Gasteiger partial charge in [-0.2, -0.15) is 0 Å². The van der Waals surface area contributed by atoms with Crippen molar-refractivity contribution in [3.63, 3.8) is 0 Å². The van der Waals surface area contributed by atoms with Gasteiger partial charge in [0.15, 0.2) is 0 Å². The summed E-state index contributed by atoms with van der Waals surface area (Å²) in [4.78, 5) is 0. The molecule has 0 N–H and O–H groups in total. The van der Waals surface area contributed by atoms with Gasteiger partial charge in [0.25, 0.3) is 0 Å². The van der Waals surface area contributed by atoms with Gasteiger partial charge in [-0.3, -0.25) is 0 Å². The molecule has 0 saturated heterocycles. The maximum Gasteiger partial charge on any atom is -0.0109 e. The van der Waals surface area contributed by atoms with Gasteiger partial charge in [-0.15, -0.1) is 0 Å². The number of hydrogen-bond acceptors (Lipinski definition) is 0. The molecule has 0 aromatic heterocycles. The van der Waals surface area contributed by atoms with Crippen LogP contribution in [0.15, 0.2) is 23.8 Å². The summed E-state index contributed by atoms with van der Waals surface area (Å²) in [5.41, 5.74) is 1.63. The zero-order valence-corrected chi connectivity index (χ0v) is 7.80. The van der Waals surface area contributed by atoms with E-state index in [0.717, 1.165) is 11.8 Å². The average Bonchev–Trinajstić information content (AvgIpc) is 2.40. The first-order chi connectivity index (χ1) is 5.29. The van der Waals surface area contributed by atoms with Crippen LogP contribution in [0, 0.1) is 11.8 Å². The van der Waals surface area contributed by atoms with Crippen molar-refractivity contribution in [1.82, 2.24) is 0 Å². The third-order valence-electron chi connectivity index (χ3n) is 2.72. The van der Waals surface area contributed by atoms with Gasteiger partial charge in [-0.25, -0.2) is 0 Å². The van der Waals surface area contributed by atoms with Crippen LogP contribution in [0.4, 0.5) is 0 Å². The van der Waals surface area contributed by atoms with Crippen LogP contribution in [-0.4, -0.2) is 0 Å². The van der Waals surface area contributed by atoms with E-state index in [1.807, 2.05) is 0 Å². The third-order valence-corrected chi connectivity index (χ3v) is 2.72. The maximum absolute atomic E-state index is 2.34. The zero-order chi connectivity index (χ0) is 8.27. The summed E-state index contributed by atoms with van der Waals surface area (Å²) in [5.74, 6) is 1.58. The highest BCUT2D eigenvalue weighted by molar-refractivity contribution is 5.15. The van der Waals surface area contributed by atoms with Crippen LogP contribution in [-0.2, 0) is 0 Å². The molecule has 11 heavy (non-hydrogen) atoms. The quantitative estimate of drug-likeness (QED) is 0.528. The molecule has 1 aliphatic carbocycles. The van der Waals surface area contributed by atoms with Gasteiger partial charge >= 0.3 is 0 Å². The van der Waals surface area contributed by atoms with Gasteiger partial charge in [0.05, 0.1) is 0 Å². The molecule has 2 unspecified atom stereocenters. The highest BCUT2D eigenvalue weighted by atomic mass is 14.2. The Kier molecular flexibility index (Phi) is 2.92. The van der Waals surface area contributed by atoms with Gasteiger partial charge in [0.2, 0.25) is 0 Å². The van der Waals surface area contributed by atoms with Crippen LogP contribution >= 0.6 is 0 Å². The first kappa shape index (κ1) is 8.58. The Morgan fingerprint density at radius 1 is 1.64 bits per heavy atom. The average molecular weight is 150 g/mol. The van der Waals surface area contributed by atoms with E-state index in [4.69, 9.17) is 0 Å². The van der Waals surface area contributed by atoms with Crippen molar-refractivity contribution in [2.24, 2.45) is 11.8 Å². The molecule has 0 heterocycles. The molecule has 0 bridgehead atoms. The van der Waals surface area contributed by atoms with E-state index in [2.05, 4.69) is 39.0 Å². The lowest BCUT2D eigenvalue weighted by atomic mass is 9.88. The fraction of sp³-hybridized carbons (Fsp3) is 0.636. The molecule has 0 aromatic rings. The number of rotatable bonds is 2. The summed E-state index contributed by atoms with van der Waals surface area (Å²) in [6, 6.07) is 0. The predicted molar refractivity (Wildman–Crippen MR) is 50.5 cm³/mol. The minimum absolute atomic E-state index is 0.765. The van der Waals surface area contributed by atoms with Gasteiger partial charge in [0, 0.05) is 0 Å². The lowest BCUT2D eigenvalue weighted by Gasteiger charge is -2.17. The lowest BCUT2D eigenvalue weighted by Crippen LogP contribution is -2.06. The largest absolute Gasteiger partial charge is 0.0882 e. The van der Waals surface area contributed by atoms with E-state index < -0.39 is 0 Å². The Balaban J connectivity index is 2.61. The minimum atomic E-state index is 0.765. The molecule has 0 amide bonds. The fourth-order valence-electron chi connectivity index (χ4n) is 1.96. The smallest absolute Gasteiger partial charge is 0.0109 e. The standard InChI is InChI=1S/C11H18/c1-4-10(5-2)11-8-6-7-9(11)3/h4,6-7,9,11H,5,8H2,1-3H3/b10-4+. The highest BCUT2D eigenvalue weighted by Gasteiger charge is 2.20. The highest BCUT2D eigenvalue weighted by Crippen LogP contribution is 2.32. The molecule has 0 heteroatoms. The zero-order valence-electron chi connectivity index (χ0n) is 7.80. The molecule has 1 aliphatic rings. The molecular weight excluding hydrogens is 132 g/mol. The van der Waals surface area contributed by atoms with E-state index in [1.165, 1.54) is 12.8 Å². The van der Waals surface area contributed by atoms with Crippen LogP contribution < -0.4 is 0 Å². The topological polar surface area (TPSA) is 0 Å². The Morgan fingerprint density at radius 3 is 2.73 bits per heavy atom. The normalized spacial score (nSPS) is 31.4. The molecule has 1 rings (SSSR count). The number of allylic oxidation sites excluding steroid dienone is 4.